The summed E-state index contributed by atoms with van der Waals surface area (Å²) in [5.41, 5.74) is 12.3. The number of carboxylic acids is 1. The smallest absolute Gasteiger partial charge is 0.339 e. The predicted molar refractivity (Wildman–Crippen MR) is 119 cm³/mol. The second-order valence-corrected chi connectivity index (χ2v) is 7.82. The van der Waals surface area contributed by atoms with Gasteiger partial charge in [0.2, 0.25) is 0 Å². The number of rotatable bonds is 9. The molecule has 0 unspecified atom stereocenters. The number of aliphatic imine (C=N–C) groups is 1. The van der Waals surface area contributed by atoms with Crippen LogP contribution in [0, 0.1) is 0 Å². The van der Waals surface area contributed by atoms with Crippen LogP contribution in [-0.2, 0) is 22.4 Å². The Kier molecular flexibility index (Phi) is 7.34. The van der Waals surface area contributed by atoms with E-state index < -0.39 is 24.0 Å². The second kappa shape index (κ2) is 10.2. The number of carboxylic acid groups (broad SMARTS) is 1. The molecule has 1 aromatic heterocycles. The lowest BCUT2D eigenvalue weighted by Crippen LogP contribution is -2.46. The molecule has 1 aliphatic carbocycles. The summed E-state index contributed by atoms with van der Waals surface area (Å²) in [7, 11) is 0. The highest BCUT2D eigenvalue weighted by Crippen LogP contribution is 2.29. The number of amides is 1. The summed E-state index contributed by atoms with van der Waals surface area (Å²) in [5.74, 6) is -1.47. The Balaban J connectivity index is 1.66. The number of nitrogens with zero attached hydrogens (tertiary/aromatic N) is 1. The first-order valence-electron chi connectivity index (χ1n) is 10.6. The highest BCUT2D eigenvalue weighted by atomic mass is 16.5. The third kappa shape index (κ3) is 5.57. The highest BCUT2D eigenvalue weighted by Gasteiger charge is 2.24. The summed E-state index contributed by atoms with van der Waals surface area (Å²) in [6.45, 7) is 1.78. The van der Waals surface area contributed by atoms with Crippen LogP contribution in [0.5, 0.6) is 5.75 Å². The fourth-order valence-corrected chi connectivity index (χ4v) is 3.81. The average molecular weight is 444 g/mol. The van der Waals surface area contributed by atoms with E-state index in [1.807, 2.05) is 6.07 Å². The topological polar surface area (TPSA) is 170 Å². The van der Waals surface area contributed by atoms with Crippen molar-refractivity contribution < 1.29 is 23.8 Å². The maximum absolute atomic E-state index is 12.5. The number of nitrogens with two attached hydrogens (primary N) is 2. The van der Waals surface area contributed by atoms with Gasteiger partial charge in [-0.25, -0.2) is 9.59 Å². The van der Waals surface area contributed by atoms with Crippen molar-refractivity contribution in [1.29, 1.82) is 0 Å². The lowest BCUT2D eigenvalue weighted by molar-refractivity contribution is -0.143. The molecule has 1 aliphatic rings. The zero-order chi connectivity index (χ0) is 23.3. The van der Waals surface area contributed by atoms with E-state index in [4.69, 9.17) is 20.6 Å². The van der Waals surface area contributed by atoms with E-state index in [0.717, 1.165) is 42.2 Å². The van der Waals surface area contributed by atoms with Crippen molar-refractivity contribution in [2.75, 3.05) is 6.54 Å². The Hall–Kier alpha value is -3.56. The number of aryl methyl sites for hydroxylation is 1. The maximum atomic E-state index is 12.5. The summed E-state index contributed by atoms with van der Waals surface area (Å²) in [4.78, 5) is 40.0. The van der Waals surface area contributed by atoms with Gasteiger partial charge in [-0.1, -0.05) is 0 Å². The molecule has 32 heavy (non-hydrogen) atoms. The third-order valence-corrected chi connectivity index (χ3v) is 5.44. The molecular weight excluding hydrogens is 416 g/mol. The molecule has 0 fully saturated rings. The first-order valence-corrected chi connectivity index (χ1v) is 10.6. The third-order valence-electron chi connectivity index (χ3n) is 5.44. The Morgan fingerprint density at radius 1 is 1.25 bits per heavy atom. The minimum atomic E-state index is -1.16. The van der Waals surface area contributed by atoms with Crippen LogP contribution in [0.2, 0.25) is 0 Å². The SMILES string of the molecule is C[C@H](Oc1ccc2c3c(c(=O)oc2c1)CCCC3)C(=O)N[C@@H](CCCN=C(N)N)C(=O)O. The molecule has 3 rings (SSSR count). The summed E-state index contributed by atoms with van der Waals surface area (Å²) in [6, 6.07) is 4.03. The first-order chi connectivity index (χ1) is 15.3. The molecule has 0 saturated carbocycles. The van der Waals surface area contributed by atoms with E-state index in [-0.39, 0.29) is 24.6 Å². The molecular formula is C22H28N4O6. The normalized spacial score (nSPS) is 14.8. The average Bonchev–Trinajstić information content (AvgIpc) is 2.75. The minimum absolute atomic E-state index is 0.0744. The number of aliphatic carboxylic acids is 1. The van der Waals surface area contributed by atoms with Gasteiger partial charge in [0.1, 0.15) is 17.4 Å². The zero-order valence-electron chi connectivity index (χ0n) is 17.9. The number of carbonyl (C=O) groups excluding carboxylic acids is 1. The lowest BCUT2D eigenvalue weighted by atomic mass is 9.91. The summed E-state index contributed by atoms with van der Waals surface area (Å²) in [6.07, 6.45) is 3.14. The Morgan fingerprint density at radius 2 is 1.97 bits per heavy atom. The van der Waals surface area contributed by atoms with Crippen LogP contribution in [0.25, 0.3) is 11.0 Å². The summed E-state index contributed by atoms with van der Waals surface area (Å²) in [5, 5.41) is 12.7. The number of ether oxygens (including phenoxy) is 1. The van der Waals surface area contributed by atoms with Crippen molar-refractivity contribution in [1.82, 2.24) is 5.32 Å². The van der Waals surface area contributed by atoms with Crippen LogP contribution in [0.4, 0.5) is 0 Å². The molecule has 0 radical (unpaired) electrons. The fraction of sp³-hybridized carbons (Fsp3) is 0.455. The standard InChI is InChI=1S/C22H28N4O6/c1-12(19(27)26-17(20(28)29)7-4-10-25-22(23)24)31-13-8-9-15-14-5-2-3-6-16(14)21(30)32-18(15)11-13/h8-9,11-12,17H,2-7,10H2,1H3,(H,26,27)(H,28,29)(H4,23,24,25)/t12-,17-/m0/s1. The van der Waals surface area contributed by atoms with Gasteiger partial charge in [0.05, 0.1) is 0 Å². The van der Waals surface area contributed by atoms with Gasteiger partial charge >= 0.3 is 11.6 Å². The molecule has 0 spiro atoms. The van der Waals surface area contributed by atoms with Gasteiger partial charge in [0.25, 0.3) is 5.91 Å². The van der Waals surface area contributed by atoms with Crippen molar-refractivity contribution in [2.45, 2.75) is 57.6 Å². The number of hydrogen-bond donors (Lipinski definition) is 4. The molecule has 10 nitrogen and oxygen atoms in total. The Labute approximate surface area is 184 Å². The monoisotopic (exact) mass is 444 g/mol. The van der Waals surface area contributed by atoms with Gasteiger partial charge in [-0.05, 0) is 63.1 Å². The first kappa shape index (κ1) is 23.1. The number of fused-ring (bicyclic) bond motifs is 3. The van der Waals surface area contributed by atoms with Crippen molar-refractivity contribution in [3.8, 4) is 5.75 Å². The molecule has 1 aromatic carbocycles. The molecule has 172 valence electrons. The van der Waals surface area contributed by atoms with E-state index in [1.165, 1.54) is 6.92 Å². The van der Waals surface area contributed by atoms with E-state index in [2.05, 4.69) is 10.3 Å². The second-order valence-electron chi connectivity index (χ2n) is 7.82. The molecule has 0 bridgehead atoms. The molecule has 2 atom stereocenters. The molecule has 1 heterocycles. The maximum Gasteiger partial charge on any atom is 0.339 e. The fourth-order valence-electron chi connectivity index (χ4n) is 3.81. The Bertz CT molecular complexity index is 1090. The van der Waals surface area contributed by atoms with Gasteiger partial charge in [-0.15, -0.1) is 0 Å². The van der Waals surface area contributed by atoms with Crippen molar-refractivity contribution >= 4 is 28.8 Å². The van der Waals surface area contributed by atoms with Crippen LogP contribution < -0.4 is 27.1 Å². The lowest BCUT2D eigenvalue weighted by Gasteiger charge is -2.19. The van der Waals surface area contributed by atoms with Gasteiger partial charge < -0.3 is 31.0 Å². The number of carbonyl (C=O) groups is 2. The van der Waals surface area contributed by atoms with Gasteiger partial charge in [-0.2, -0.15) is 0 Å². The quantitative estimate of drug-likeness (QED) is 0.192. The van der Waals surface area contributed by atoms with Gasteiger partial charge in [0.15, 0.2) is 12.1 Å². The van der Waals surface area contributed by atoms with Crippen molar-refractivity contribution in [2.24, 2.45) is 16.5 Å². The van der Waals surface area contributed by atoms with Crippen molar-refractivity contribution in [3.63, 3.8) is 0 Å². The van der Waals surface area contributed by atoms with E-state index >= 15 is 0 Å². The molecule has 10 heteroatoms. The highest BCUT2D eigenvalue weighted by molar-refractivity contribution is 5.87. The van der Waals surface area contributed by atoms with Crippen LogP contribution in [-0.4, -0.2) is 41.6 Å². The van der Waals surface area contributed by atoms with E-state index in [9.17, 15) is 19.5 Å². The number of hydrogen-bond acceptors (Lipinski definition) is 6. The van der Waals surface area contributed by atoms with E-state index in [1.54, 1.807) is 12.1 Å². The van der Waals surface area contributed by atoms with Crippen LogP contribution in [0.15, 0.2) is 32.4 Å². The number of nitrogens with one attached hydrogen (secondary N) is 1. The number of guanidine groups is 1. The van der Waals surface area contributed by atoms with Crippen LogP contribution >= 0.6 is 0 Å². The van der Waals surface area contributed by atoms with Gasteiger partial charge in [-0.3, -0.25) is 9.79 Å². The predicted octanol–water partition coefficient (Wildman–Crippen LogP) is 1.06. The summed E-state index contributed by atoms with van der Waals surface area (Å²) < 4.78 is 11.2. The van der Waals surface area contributed by atoms with Crippen molar-refractivity contribution in [3.05, 3.63) is 39.7 Å². The molecule has 6 N–H and O–H groups in total. The largest absolute Gasteiger partial charge is 0.481 e. The van der Waals surface area contributed by atoms with E-state index in [0.29, 0.717) is 17.8 Å². The van der Waals surface area contributed by atoms with Gasteiger partial charge in [0, 0.05) is 23.6 Å². The molecule has 2 aromatic rings. The number of benzene rings is 1. The molecule has 0 saturated heterocycles. The Morgan fingerprint density at radius 3 is 2.66 bits per heavy atom. The molecule has 1 amide bonds. The molecule has 0 aliphatic heterocycles. The summed E-state index contributed by atoms with van der Waals surface area (Å²) >= 11 is 0. The minimum Gasteiger partial charge on any atom is -0.481 e. The van der Waals surface area contributed by atoms with Crippen LogP contribution in [0.3, 0.4) is 0 Å². The zero-order valence-corrected chi connectivity index (χ0v) is 17.9. The van der Waals surface area contributed by atoms with Crippen LogP contribution in [0.1, 0.15) is 43.7 Å².